The summed E-state index contributed by atoms with van der Waals surface area (Å²) in [4.78, 5) is 49.2. The molecule has 1 aromatic heterocycles. The lowest BCUT2D eigenvalue weighted by Crippen LogP contribution is -2.44. The van der Waals surface area contributed by atoms with E-state index in [4.69, 9.17) is 17.3 Å². The summed E-state index contributed by atoms with van der Waals surface area (Å²) in [6.45, 7) is 3.48. The summed E-state index contributed by atoms with van der Waals surface area (Å²) in [5.74, 6) is -3.49. The molecule has 0 saturated carbocycles. The summed E-state index contributed by atoms with van der Waals surface area (Å²) >= 11 is 7.11. The van der Waals surface area contributed by atoms with Crippen LogP contribution in [-0.2, 0) is 36.9 Å². The number of thiophene rings is 1. The van der Waals surface area contributed by atoms with E-state index >= 15 is 0 Å². The lowest BCUT2D eigenvalue weighted by Gasteiger charge is -2.20. The van der Waals surface area contributed by atoms with Crippen molar-refractivity contribution >= 4 is 69.4 Å². The van der Waals surface area contributed by atoms with E-state index in [0.717, 1.165) is 28.0 Å². The summed E-state index contributed by atoms with van der Waals surface area (Å²) in [6.07, 6.45) is -8.67. The fourth-order valence-electron chi connectivity index (χ4n) is 3.74. The van der Waals surface area contributed by atoms with Gasteiger partial charge in [0.05, 0.1) is 22.6 Å². The van der Waals surface area contributed by atoms with Gasteiger partial charge in [-0.3, -0.25) is 24.1 Å². The van der Waals surface area contributed by atoms with Gasteiger partial charge in [-0.05, 0) is 46.9 Å². The Morgan fingerprint density at radius 2 is 1.49 bits per heavy atom. The van der Waals surface area contributed by atoms with E-state index < -0.39 is 72.2 Å². The van der Waals surface area contributed by atoms with Crippen molar-refractivity contribution in [3.05, 3.63) is 50.1 Å². The molecule has 1 aromatic carbocycles. The standard InChI is InChI=1S/C26H23F6N3O5S3/c1-24(2,3)21-16(12-4-13(25(27,28)29)6-14(5-12)26(30,31)32)7-15(42-21)8-17-22(40)35(23(41)43-17)11-19(37)33-9-18(36)34-10-20(38)39/h4-8H,9-11H2,1-3H3,(H,33,37)(H,34,36)(H,38,39)/b17-8-. The van der Waals surface area contributed by atoms with Gasteiger partial charge in [0.2, 0.25) is 11.8 Å². The van der Waals surface area contributed by atoms with Crippen LogP contribution in [0.3, 0.4) is 0 Å². The van der Waals surface area contributed by atoms with Crippen LogP contribution in [0.25, 0.3) is 17.2 Å². The van der Waals surface area contributed by atoms with E-state index in [1.54, 1.807) is 20.8 Å². The quantitative estimate of drug-likeness (QED) is 0.200. The molecule has 0 aliphatic carbocycles. The predicted octanol–water partition coefficient (Wildman–Crippen LogP) is 5.27. The summed E-state index contributed by atoms with van der Waals surface area (Å²) in [6, 6.07) is 2.75. The molecule has 17 heteroatoms. The Kier molecular flexibility index (Phi) is 10.0. The van der Waals surface area contributed by atoms with Crippen molar-refractivity contribution in [2.24, 2.45) is 0 Å². The number of thiocarbonyl (C=S) groups is 1. The molecule has 2 heterocycles. The molecule has 1 aliphatic heterocycles. The van der Waals surface area contributed by atoms with Crippen LogP contribution in [0.4, 0.5) is 26.3 Å². The van der Waals surface area contributed by atoms with E-state index in [9.17, 15) is 45.5 Å². The second-order valence-corrected chi connectivity index (χ2v) is 12.9. The van der Waals surface area contributed by atoms with Crippen molar-refractivity contribution in [1.82, 2.24) is 15.5 Å². The molecule has 0 atom stereocenters. The van der Waals surface area contributed by atoms with Gasteiger partial charge in [0, 0.05) is 9.75 Å². The van der Waals surface area contributed by atoms with Gasteiger partial charge < -0.3 is 15.7 Å². The number of aliphatic carboxylic acids is 1. The van der Waals surface area contributed by atoms with Gasteiger partial charge in [0.25, 0.3) is 5.91 Å². The Hall–Kier alpha value is -3.44. The monoisotopic (exact) mass is 667 g/mol. The van der Waals surface area contributed by atoms with E-state index in [2.05, 4.69) is 5.32 Å². The third-order valence-corrected chi connectivity index (χ3v) is 8.55. The number of rotatable bonds is 8. The molecule has 232 valence electrons. The molecular formula is C26H23F6N3O5S3. The SMILES string of the molecule is CC(C)(C)c1sc(/C=C2\SC(=S)N(CC(=O)NCC(=O)NCC(=O)O)C2=O)cc1-c1cc(C(F)(F)F)cc(C(F)(F)F)c1. The van der Waals surface area contributed by atoms with Crippen LogP contribution < -0.4 is 10.6 Å². The van der Waals surface area contributed by atoms with Gasteiger partial charge in [-0.2, -0.15) is 26.3 Å². The van der Waals surface area contributed by atoms with E-state index in [1.165, 1.54) is 12.1 Å². The molecule has 0 unspecified atom stereocenters. The maximum atomic E-state index is 13.5. The molecule has 8 nitrogen and oxygen atoms in total. The highest BCUT2D eigenvalue weighted by Gasteiger charge is 2.38. The van der Waals surface area contributed by atoms with Gasteiger partial charge in [0.1, 0.15) is 17.4 Å². The fourth-order valence-corrected chi connectivity index (χ4v) is 6.25. The lowest BCUT2D eigenvalue weighted by molar-refractivity contribution is -0.143. The molecule has 43 heavy (non-hydrogen) atoms. The highest BCUT2D eigenvalue weighted by atomic mass is 32.2. The first-order valence-electron chi connectivity index (χ1n) is 12.1. The van der Waals surface area contributed by atoms with Crippen LogP contribution in [0.5, 0.6) is 0 Å². The minimum absolute atomic E-state index is 0.00208. The molecule has 3 amide bonds. The molecule has 1 aliphatic rings. The first kappa shape index (κ1) is 34.1. The number of thioether (sulfide) groups is 1. The second kappa shape index (κ2) is 12.7. The highest BCUT2D eigenvalue weighted by Crippen LogP contribution is 2.45. The molecular weight excluding hydrogens is 644 g/mol. The molecule has 2 aromatic rings. The zero-order valence-electron chi connectivity index (χ0n) is 22.5. The van der Waals surface area contributed by atoms with Crippen molar-refractivity contribution in [3.63, 3.8) is 0 Å². The van der Waals surface area contributed by atoms with Crippen LogP contribution in [0, 0.1) is 0 Å². The van der Waals surface area contributed by atoms with Crippen molar-refractivity contribution in [2.45, 2.75) is 38.5 Å². The number of nitrogens with zero attached hydrogens (tertiary/aromatic N) is 1. The van der Waals surface area contributed by atoms with Crippen molar-refractivity contribution in [2.75, 3.05) is 19.6 Å². The highest BCUT2D eigenvalue weighted by molar-refractivity contribution is 8.26. The summed E-state index contributed by atoms with van der Waals surface area (Å²) in [5, 5.41) is 12.8. The third-order valence-electron chi connectivity index (χ3n) is 5.66. The molecule has 0 bridgehead atoms. The third kappa shape index (κ3) is 8.79. The number of carboxylic acid groups (broad SMARTS) is 1. The van der Waals surface area contributed by atoms with Crippen molar-refractivity contribution in [3.8, 4) is 11.1 Å². The Labute approximate surface area is 254 Å². The topological polar surface area (TPSA) is 116 Å². The average Bonchev–Trinajstić information content (AvgIpc) is 3.42. The number of nitrogens with one attached hydrogen (secondary N) is 2. The van der Waals surface area contributed by atoms with Crippen LogP contribution in [0.2, 0.25) is 0 Å². The number of carbonyl (C=O) groups is 4. The number of carbonyl (C=O) groups excluding carboxylic acids is 3. The zero-order chi connectivity index (χ0) is 32.5. The van der Waals surface area contributed by atoms with Crippen LogP contribution in [-0.4, -0.2) is 57.7 Å². The number of hydrogen-bond donors (Lipinski definition) is 3. The zero-order valence-corrected chi connectivity index (χ0v) is 25.0. The largest absolute Gasteiger partial charge is 0.480 e. The van der Waals surface area contributed by atoms with Gasteiger partial charge in [-0.25, -0.2) is 0 Å². The molecule has 3 rings (SSSR count). The predicted molar refractivity (Wildman–Crippen MR) is 152 cm³/mol. The number of halogens is 6. The Balaban J connectivity index is 1.91. The van der Waals surface area contributed by atoms with Crippen LogP contribution in [0.15, 0.2) is 29.2 Å². The van der Waals surface area contributed by atoms with Crippen LogP contribution >= 0.6 is 35.3 Å². The second-order valence-electron chi connectivity index (χ2n) is 10.2. The maximum absolute atomic E-state index is 13.5. The lowest BCUT2D eigenvalue weighted by atomic mass is 9.88. The van der Waals surface area contributed by atoms with Gasteiger partial charge >= 0.3 is 18.3 Å². The molecule has 1 fully saturated rings. The summed E-state index contributed by atoms with van der Waals surface area (Å²) in [7, 11) is 0. The molecule has 0 radical (unpaired) electrons. The molecule has 3 N–H and O–H groups in total. The minimum atomic E-state index is -5.03. The van der Waals surface area contributed by atoms with Gasteiger partial charge in [0.15, 0.2) is 0 Å². The van der Waals surface area contributed by atoms with E-state index in [0.29, 0.717) is 21.9 Å². The normalized spacial score (nSPS) is 15.3. The van der Waals surface area contributed by atoms with Crippen molar-refractivity contribution in [1.29, 1.82) is 0 Å². The first-order chi connectivity index (χ1) is 19.7. The van der Waals surface area contributed by atoms with Crippen molar-refractivity contribution < 1.29 is 50.6 Å². The number of benzene rings is 1. The maximum Gasteiger partial charge on any atom is 0.416 e. The molecule has 0 spiro atoms. The first-order valence-corrected chi connectivity index (χ1v) is 14.2. The number of alkyl halides is 6. The van der Waals surface area contributed by atoms with Crippen LogP contribution in [0.1, 0.15) is 41.7 Å². The molecule has 1 saturated heterocycles. The van der Waals surface area contributed by atoms with E-state index in [-0.39, 0.29) is 26.4 Å². The Morgan fingerprint density at radius 3 is 2.00 bits per heavy atom. The Morgan fingerprint density at radius 1 is 0.930 bits per heavy atom. The van der Waals surface area contributed by atoms with E-state index in [1.807, 2.05) is 5.32 Å². The number of amides is 3. The number of hydrogen-bond acceptors (Lipinski definition) is 7. The number of carboxylic acids is 1. The summed E-state index contributed by atoms with van der Waals surface area (Å²) in [5.41, 5.74) is -3.77. The van der Waals surface area contributed by atoms with Gasteiger partial charge in [-0.1, -0.05) is 44.8 Å². The van der Waals surface area contributed by atoms with Gasteiger partial charge in [-0.15, -0.1) is 11.3 Å². The Bertz CT molecular complexity index is 1480. The summed E-state index contributed by atoms with van der Waals surface area (Å²) < 4.78 is 81.1. The minimum Gasteiger partial charge on any atom is -0.480 e. The average molecular weight is 668 g/mol. The fraction of sp³-hybridized carbons (Fsp3) is 0.346. The smallest absolute Gasteiger partial charge is 0.416 e.